The van der Waals surface area contributed by atoms with Crippen LogP contribution in [0.25, 0.3) is 0 Å². The molecular formula is C8H9N3OS3. The van der Waals surface area contributed by atoms with Gasteiger partial charge in [0.25, 0.3) is 0 Å². The van der Waals surface area contributed by atoms with Crippen LogP contribution < -0.4 is 0 Å². The summed E-state index contributed by atoms with van der Waals surface area (Å²) in [6.07, 6.45) is 0. The molecule has 15 heavy (non-hydrogen) atoms. The standard InChI is InChI=1S/C8H9N3OS3/c1-7(2,3-13-4-9)8(12,14-5-10)15-6-11/h12H,3H2,1-2H3. The monoisotopic (exact) mass is 259 g/mol. The van der Waals surface area contributed by atoms with Crippen molar-refractivity contribution in [2.75, 3.05) is 5.75 Å². The minimum Gasteiger partial charge on any atom is -0.368 e. The number of hydrogen-bond donors (Lipinski definition) is 1. The Hall–Kier alpha value is -0.520. The Morgan fingerprint density at radius 2 is 1.53 bits per heavy atom. The first kappa shape index (κ1) is 14.5. The van der Waals surface area contributed by atoms with Crippen LogP contribution in [0.1, 0.15) is 13.8 Å². The van der Waals surface area contributed by atoms with Gasteiger partial charge in [0.15, 0.2) is 4.27 Å². The average molecular weight is 259 g/mol. The molecule has 0 amide bonds. The van der Waals surface area contributed by atoms with Gasteiger partial charge in [0, 0.05) is 34.7 Å². The first-order valence-electron chi connectivity index (χ1n) is 3.81. The van der Waals surface area contributed by atoms with E-state index in [0.717, 1.165) is 11.8 Å². The molecule has 1 N–H and O–H groups in total. The number of hydrogen-bond acceptors (Lipinski definition) is 7. The van der Waals surface area contributed by atoms with Crippen LogP contribution in [0.2, 0.25) is 0 Å². The molecule has 80 valence electrons. The molecule has 0 aliphatic rings. The van der Waals surface area contributed by atoms with Gasteiger partial charge in [0.05, 0.1) is 0 Å². The van der Waals surface area contributed by atoms with Crippen LogP contribution in [0.4, 0.5) is 0 Å². The lowest BCUT2D eigenvalue weighted by atomic mass is 9.97. The highest BCUT2D eigenvalue weighted by atomic mass is 32.2. The van der Waals surface area contributed by atoms with Crippen molar-refractivity contribution in [2.24, 2.45) is 5.41 Å². The van der Waals surface area contributed by atoms with Gasteiger partial charge in [0.1, 0.15) is 16.2 Å². The third-order valence-corrected chi connectivity index (χ3v) is 5.06. The van der Waals surface area contributed by atoms with Crippen molar-refractivity contribution in [3.05, 3.63) is 0 Å². The lowest BCUT2D eigenvalue weighted by molar-refractivity contribution is 0.116. The molecule has 0 heterocycles. The average Bonchev–Trinajstić information content (AvgIpc) is 2.15. The topological polar surface area (TPSA) is 91.6 Å². The van der Waals surface area contributed by atoms with Crippen LogP contribution in [-0.2, 0) is 0 Å². The van der Waals surface area contributed by atoms with Gasteiger partial charge in [0.2, 0.25) is 0 Å². The smallest absolute Gasteiger partial charge is 0.190 e. The molecule has 4 nitrogen and oxygen atoms in total. The van der Waals surface area contributed by atoms with Crippen LogP contribution in [-0.4, -0.2) is 15.1 Å². The van der Waals surface area contributed by atoms with Crippen molar-refractivity contribution in [3.63, 3.8) is 0 Å². The molecule has 0 saturated heterocycles. The number of nitriles is 3. The fourth-order valence-corrected chi connectivity index (χ4v) is 2.88. The van der Waals surface area contributed by atoms with Crippen molar-refractivity contribution in [3.8, 4) is 16.2 Å². The third-order valence-electron chi connectivity index (χ3n) is 1.72. The molecule has 0 aromatic rings. The summed E-state index contributed by atoms with van der Waals surface area (Å²) in [5.74, 6) is 0.351. The molecule has 7 heteroatoms. The minimum atomic E-state index is -1.51. The summed E-state index contributed by atoms with van der Waals surface area (Å²) in [6.45, 7) is 3.43. The highest BCUT2D eigenvalue weighted by Crippen LogP contribution is 2.49. The fraction of sp³-hybridized carbons (Fsp3) is 0.625. The lowest BCUT2D eigenvalue weighted by Gasteiger charge is -2.36. The largest absolute Gasteiger partial charge is 0.368 e. The van der Waals surface area contributed by atoms with Crippen LogP contribution in [0.3, 0.4) is 0 Å². The normalized spacial score (nSPS) is 11.2. The van der Waals surface area contributed by atoms with Crippen LogP contribution in [0.5, 0.6) is 0 Å². The zero-order valence-electron chi connectivity index (χ0n) is 8.22. The molecule has 0 atom stereocenters. The molecule has 0 aromatic carbocycles. The first-order chi connectivity index (χ1) is 6.93. The number of thiocyanates is 3. The number of nitrogens with zero attached hydrogens (tertiary/aromatic N) is 3. The Labute approximate surface area is 102 Å². The second kappa shape index (κ2) is 6.15. The van der Waals surface area contributed by atoms with Crippen LogP contribution in [0.15, 0.2) is 0 Å². The second-order valence-electron chi connectivity index (χ2n) is 3.23. The van der Waals surface area contributed by atoms with E-state index in [1.54, 1.807) is 24.6 Å². The lowest BCUT2D eigenvalue weighted by Crippen LogP contribution is -2.39. The maximum absolute atomic E-state index is 10.1. The fourth-order valence-electron chi connectivity index (χ4n) is 0.725. The molecule has 0 rings (SSSR count). The predicted molar refractivity (Wildman–Crippen MR) is 63.2 cm³/mol. The second-order valence-corrected chi connectivity index (χ2v) is 6.21. The van der Waals surface area contributed by atoms with Crippen molar-refractivity contribution in [1.82, 2.24) is 0 Å². The van der Waals surface area contributed by atoms with E-state index >= 15 is 0 Å². The Balaban J connectivity index is 4.84. The Bertz CT molecular complexity index is 321. The summed E-state index contributed by atoms with van der Waals surface area (Å²) in [5.41, 5.74) is -0.714. The van der Waals surface area contributed by atoms with Gasteiger partial charge in [-0.25, -0.2) is 0 Å². The van der Waals surface area contributed by atoms with E-state index in [9.17, 15) is 5.11 Å². The van der Waals surface area contributed by atoms with Gasteiger partial charge < -0.3 is 5.11 Å². The predicted octanol–water partition coefficient (Wildman–Crippen LogP) is 2.30. The maximum atomic E-state index is 10.1. The SMILES string of the molecule is CC(C)(CSC#N)C(O)(SC#N)SC#N. The third kappa shape index (κ3) is 3.85. The van der Waals surface area contributed by atoms with Gasteiger partial charge in [-0.1, -0.05) is 13.8 Å². The van der Waals surface area contributed by atoms with E-state index in [4.69, 9.17) is 15.8 Å². The Kier molecular flexibility index (Phi) is 5.93. The van der Waals surface area contributed by atoms with E-state index in [-0.39, 0.29) is 0 Å². The Morgan fingerprint density at radius 3 is 1.87 bits per heavy atom. The molecule has 0 fully saturated rings. The molecule has 0 spiro atoms. The van der Waals surface area contributed by atoms with Gasteiger partial charge in [-0.2, -0.15) is 15.8 Å². The molecular weight excluding hydrogens is 250 g/mol. The summed E-state index contributed by atoms with van der Waals surface area (Å²) >= 11 is 2.27. The van der Waals surface area contributed by atoms with Crippen LogP contribution >= 0.6 is 35.3 Å². The zero-order valence-corrected chi connectivity index (χ0v) is 10.7. The zero-order chi connectivity index (χ0) is 11.9. The minimum absolute atomic E-state index is 0.351. The van der Waals surface area contributed by atoms with E-state index in [1.165, 1.54) is 0 Å². The summed E-state index contributed by atoms with van der Waals surface area (Å²) < 4.78 is -1.51. The van der Waals surface area contributed by atoms with E-state index in [0.29, 0.717) is 29.3 Å². The summed E-state index contributed by atoms with van der Waals surface area (Å²) in [5, 5.41) is 41.2. The van der Waals surface area contributed by atoms with Crippen molar-refractivity contribution in [1.29, 1.82) is 15.8 Å². The molecule has 0 radical (unpaired) electrons. The van der Waals surface area contributed by atoms with Gasteiger partial charge in [-0.05, 0) is 11.8 Å². The molecule has 0 aliphatic heterocycles. The number of aliphatic hydroxyl groups is 1. The first-order valence-corrected chi connectivity index (χ1v) is 6.43. The highest BCUT2D eigenvalue weighted by Gasteiger charge is 2.46. The number of rotatable bonds is 5. The van der Waals surface area contributed by atoms with E-state index in [1.807, 2.05) is 5.40 Å². The van der Waals surface area contributed by atoms with Gasteiger partial charge in [-0.3, -0.25) is 0 Å². The van der Waals surface area contributed by atoms with Gasteiger partial charge in [-0.15, -0.1) is 0 Å². The van der Waals surface area contributed by atoms with Gasteiger partial charge >= 0.3 is 0 Å². The Morgan fingerprint density at radius 1 is 1.07 bits per heavy atom. The van der Waals surface area contributed by atoms with Crippen molar-refractivity contribution >= 4 is 35.3 Å². The molecule has 0 saturated carbocycles. The molecule has 0 unspecified atom stereocenters. The van der Waals surface area contributed by atoms with Crippen LogP contribution in [0, 0.1) is 37.4 Å². The summed E-state index contributed by atoms with van der Waals surface area (Å²) in [4.78, 5) is 0. The van der Waals surface area contributed by atoms with E-state index < -0.39 is 9.68 Å². The number of thioether (sulfide) groups is 3. The molecule has 0 aliphatic carbocycles. The summed E-state index contributed by atoms with van der Waals surface area (Å²) in [7, 11) is 0. The highest BCUT2D eigenvalue weighted by molar-refractivity contribution is 8.22. The maximum Gasteiger partial charge on any atom is 0.190 e. The quantitative estimate of drug-likeness (QED) is 0.598. The summed E-state index contributed by atoms with van der Waals surface area (Å²) in [6, 6.07) is 0. The van der Waals surface area contributed by atoms with Crippen molar-refractivity contribution in [2.45, 2.75) is 18.1 Å². The molecule has 0 aromatic heterocycles. The molecule has 0 bridgehead atoms. The van der Waals surface area contributed by atoms with Crippen molar-refractivity contribution < 1.29 is 5.11 Å². The van der Waals surface area contributed by atoms with E-state index in [2.05, 4.69) is 0 Å².